The Balaban J connectivity index is 2.37. The molecule has 144 valence electrons. The van der Waals surface area contributed by atoms with Crippen LogP contribution in [-0.4, -0.2) is 5.71 Å². The lowest BCUT2D eigenvalue weighted by molar-refractivity contribution is -0.138. The van der Waals surface area contributed by atoms with Crippen LogP contribution in [0.5, 0.6) is 11.5 Å². The highest BCUT2D eigenvalue weighted by molar-refractivity contribution is 6.10. The topological polar surface area (TPSA) is 81.2 Å². The SMILES string of the molecule is N#CC(C#N)=NNc1cc(F)c(Oc2c(F)cc(C(F)(F)F)cc2F)c(F)c1. The van der Waals surface area contributed by atoms with Gasteiger partial charge in [-0.25, -0.2) is 17.6 Å². The van der Waals surface area contributed by atoms with E-state index < -0.39 is 57.9 Å². The maximum Gasteiger partial charge on any atom is 0.416 e. The number of benzene rings is 2. The van der Waals surface area contributed by atoms with Crippen molar-refractivity contribution in [2.75, 3.05) is 5.43 Å². The highest BCUT2D eigenvalue weighted by atomic mass is 19.4. The normalized spacial score (nSPS) is 10.6. The Morgan fingerprint density at radius 1 is 0.857 bits per heavy atom. The van der Waals surface area contributed by atoms with Crippen LogP contribution in [0.15, 0.2) is 29.4 Å². The Morgan fingerprint density at radius 3 is 1.68 bits per heavy atom. The third-order valence-corrected chi connectivity index (χ3v) is 3.04. The molecule has 2 rings (SSSR count). The molecule has 28 heavy (non-hydrogen) atoms. The van der Waals surface area contributed by atoms with Gasteiger partial charge in [-0.1, -0.05) is 0 Å². The summed E-state index contributed by atoms with van der Waals surface area (Å²) in [6.07, 6.45) is -5.05. The van der Waals surface area contributed by atoms with Crippen molar-refractivity contribution >= 4 is 11.4 Å². The van der Waals surface area contributed by atoms with Gasteiger partial charge in [-0.3, -0.25) is 5.43 Å². The number of nitrogens with one attached hydrogen (secondary N) is 1. The van der Waals surface area contributed by atoms with Gasteiger partial charge in [-0.15, -0.1) is 0 Å². The van der Waals surface area contributed by atoms with Crippen LogP contribution in [0.2, 0.25) is 0 Å². The molecule has 0 saturated heterocycles. The summed E-state index contributed by atoms with van der Waals surface area (Å²) in [6.45, 7) is 0. The molecule has 0 radical (unpaired) electrons. The third-order valence-electron chi connectivity index (χ3n) is 3.04. The van der Waals surface area contributed by atoms with Crippen molar-refractivity contribution in [2.45, 2.75) is 6.18 Å². The summed E-state index contributed by atoms with van der Waals surface area (Å²) in [5.41, 5.74) is -0.701. The number of nitrogens with zero attached hydrogens (tertiary/aromatic N) is 3. The van der Waals surface area contributed by atoms with Crippen LogP contribution >= 0.6 is 0 Å². The molecule has 12 heteroatoms. The minimum Gasteiger partial charge on any atom is -0.445 e. The van der Waals surface area contributed by atoms with E-state index in [0.717, 1.165) is 0 Å². The van der Waals surface area contributed by atoms with E-state index in [-0.39, 0.29) is 12.1 Å². The summed E-state index contributed by atoms with van der Waals surface area (Å²) in [5, 5.41) is 20.2. The summed E-state index contributed by atoms with van der Waals surface area (Å²) in [4.78, 5) is 0. The summed E-state index contributed by atoms with van der Waals surface area (Å²) < 4.78 is 97.5. The summed E-state index contributed by atoms with van der Waals surface area (Å²) >= 11 is 0. The van der Waals surface area contributed by atoms with Gasteiger partial charge in [0.05, 0.1) is 11.3 Å². The number of ether oxygens (including phenoxy) is 1. The van der Waals surface area contributed by atoms with E-state index >= 15 is 0 Å². The lowest BCUT2D eigenvalue weighted by Crippen LogP contribution is -2.07. The monoisotopic (exact) mass is 402 g/mol. The molecule has 0 atom stereocenters. The first-order chi connectivity index (χ1) is 13.1. The van der Waals surface area contributed by atoms with E-state index in [0.29, 0.717) is 12.1 Å². The standard InChI is InChI=1S/C16H5F7N4O/c17-10-1-7(16(21,22)23)2-11(18)14(10)28-15-12(19)3-8(4-13(15)20)26-27-9(5-24)6-25/h1-4,26H. The molecule has 0 bridgehead atoms. The fraction of sp³-hybridized carbons (Fsp3) is 0.0625. The van der Waals surface area contributed by atoms with Gasteiger partial charge in [0.1, 0.15) is 12.1 Å². The second-order valence-corrected chi connectivity index (χ2v) is 4.93. The summed E-state index contributed by atoms with van der Waals surface area (Å²) in [7, 11) is 0. The Bertz CT molecular complexity index is 973. The minimum absolute atomic E-state index is 0.0931. The van der Waals surface area contributed by atoms with Crippen molar-refractivity contribution < 1.29 is 35.5 Å². The molecule has 2 aromatic carbocycles. The Morgan fingerprint density at radius 2 is 1.29 bits per heavy atom. The van der Waals surface area contributed by atoms with Gasteiger partial charge in [-0.2, -0.15) is 28.8 Å². The number of anilines is 1. The molecule has 5 nitrogen and oxygen atoms in total. The van der Waals surface area contributed by atoms with Gasteiger partial charge in [0.2, 0.25) is 5.71 Å². The third kappa shape index (κ3) is 4.48. The van der Waals surface area contributed by atoms with Gasteiger partial charge in [0, 0.05) is 12.1 Å². The van der Waals surface area contributed by atoms with Crippen LogP contribution in [0.4, 0.5) is 36.4 Å². The van der Waals surface area contributed by atoms with E-state index in [4.69, 9.17) is 10.5 Å². The van der Waals surface area contributed by atoms with Crippen LogP contribution in [0.3, 0.4) is 0 Å². The Hall–Kier alpha value is -3.80. The molecule has 0 amide bonds. The molecule has 0 saturated carbocycles. The van der Waals surface area contributed by atoms with Crippen LogP contribution in [0.25, 0.3) is 0 Å². The first-order valence-electron chi connectivity index (χ1n) is 6.93. The first kappa shape index (κ1) is 20.5. The Kier molecular flexibility index (Phi) is 5.74. The van der Waals surface area contributed by atoms with Crippen LogP contribution in [0.1, 0.15) is 5.56 Å². The molecule has 2 aromatic rings. The highest BCUT2D eigenvalue weighted by Gasteiger charge is 2.33. The fourth-order valence-electron chi connectivity index (χ4n) is 1.84. The average Bonchev–Trinajstić information content (AvgIpc) is 2.60. The minimum atomic E-state index is -5.05. The van der Waals surface area contributed by atoms with E-state index in [9.17, 15) is 30.7 Å². The van der Waals surface area contributed by atoms with Gasteiger partial charge >= 0.3 is 6.18 Å². The number of rotatable bonds is 4. The van der Waals surface area contributed by atoms with Crippen molar-refractivity contribution in [3.63, 3.8) is 0 Å². The predicted octanol–water partition coefficient (Wildman–Crippen LogP) is 4.87. The van der Waals surface area contributed by atoms with Gasteiger partial charge < -0.3 is 4.74 Å². The zero-order valence-corrected chi connectivity index (χ0v) is 13.2. The number of nitriles is 2. The second kappa shape index (κ2) is 7.84. The van der Waals surface area contributed by atoms with Crippen LogP contribution in [0, 0.1) is 45.9 Å². The van der Waals surface area contributed by atoms with Crippen molar-refractivity contribution in [2.24, 2.45) is 5.10 Å². The van der Waals surface area contributed by atoms with Gasteiger partial charge in [0.25, 0.3) is 0 Å². The lowest BCUT2D eigenvalue weighted by atomic mass is 10.2. The number of hydrogen-bond donors (Lipinski definition) is 1. The van der Waals surface area contributed by atoms with Crippen LogP contribution in [-0.2, 0) is 6.18 Å². The van der Waals surface area contributed by atoms with Crippen molar-refractivity contribution in [1.82, 2.24) is 0 Å². The molecule has 1 N–H and O–H groups in total. The first-order valence-corrected chi connectivity index (χ1v) is 6.93. The molecule has 0 unspecified atom stereocenters. The maximum atomic E-state index is 14.0. The molecule has 0 fully saturated rings. The van der Waals surface area contributed by atoms with Gasteiger partial charge in [0.15, 0.2) is 34.8 Å². The average molecular weight is 402 g/mol. The number of halogens is 7. The lowest BCUT2D eigenvalue weighted by Gasteiger charge is -2.13. The predicted molar refractivity (Wildman–Crippen MR) is 80.1 cm³/mol. The summed E-state index contributed by atoms with van der Waals surface area (Å²) in [6, 6.07) is 3.66. The quantitative estimate of drug-likeness (QED) is 0.450. The molecule has 0 aliphatic carbocycles. The molecule has 0 aliphatic rings. The summed E-state index contributed by atoms with van der Waals surface area (Å²) in [5.74, 6) is -9.39. The largest absolute Gasteiger partial charge is 0.445 e. The zero-order chi connectivity index (χ0) is 21.1. The molecular weight excluding hydrogens is 397 g/mol. The second-order valence-electron chi connectivity index (χ2n) is 4.93. The van der Waals surface area contributed by atoms with Crippen molar-refractivity contribution in [3.8, 4) is 23.6 Å². The fourth-order valence-corrected chi connectivity index (χ4v) is 1.84. The number of alkyl halides is 3. The number of hydrogen-bond acceptors (Lipinski definition) is 5. The maximum absolute atomic E-state index is 14.0. The smallest absolute Gasteiger partial charge is 0.416 e. The van der Waals surface area contributed by atoms with E-state index in [1.165, 1.54) is 12.1 Å². The van der Waals surface area contributed by atoms with E-state index in [2.05, 4.69) is 9.84 Å². The van der Waals surface area contributed by atoms with Crippen molar-refractivity contribution in [3.05, 3.63) is 53.1 Å². The van der Waals surface area contributed by atoms with E-state index in [1.54, 1.807) is 0 Å². The molecule has 0 aliphatic heterocycles. The highest BCUT2D eigenvalue weighted by Crippen LogP contribution is 2.37. The molecular formula is C16H5F7N4O. The molecule has 0 heterocycles. The number of hydrazone groups is 1. The van der Waals surface area contributed by atoms with E-state index in [1.807, 2.05) is 5.43 Å². The molecule has 0 aromatic heterocycles. The van der Waals surface area contributed by atoms with Gasteiger partial charge in [-0.05, 0) is 12.1 Å². The zero-order valence-electron chi connectivity index (χ0n) is 13.2. The van der Waals surface area contributed by atoms with Crippen molar-refractivity contribution in [1.29, 1.82) is 10.5 Å². The molecule has 0 spiro atoms. The van der Waals surface area contributed by atoms with Crippen LogP contribution < -0.4 is 10.2 Å². The Labute approximate surface area is 151 Å².